The summed E-state index contributed by atoms with van der Waals surface area (Å²) in [6.45, 7) is 4.33. The molecule has 162 valence electrons. The molecule has 4 N–H and O–H groups in total. The van der Waals surface area contributed by atoms with Gasteiger partial charge in [-0.1, -0.05) is 0 Å². The molecule has 0 amide bonds. The lowest BCUT2D eigenvalue weighted by Crippen LogP contribution is -2.37. The smallest absolute Gasteiger partial charge is 0.191 e. The third-order valence-corrected chi connectivity index (χ3v) is 5.13. The van der Waals surface area contributed by atoms with E-state index in [-0.39, 0.29) is 11.6 Å². The van der Waals surface area contributed by atoms with Crippen molar-refractivity contribution in [2.24, 2.45) is 4.99 Å². The predicted octanol–water partition coefficient (Wildman–Crippen LogP) is 3.10. The zero-order valence-corrected chi connectivity index (χ0v) is 18.4. The molecule has 1 aromatic carbocycles. The number of hydrogen-bond acceptors (Lipinski definition) is 5. The van der Waals surface area contributed by atoms with Crippen LogP contribution in [0.5, 0.6) is 0 Å². The van der Waals surface area contributed by atoms with Gasteiger partial charge in [-0.25, -0.2) is 9.07 Å². The molecule has 0 unspecified atom stereocenters. The third-order valence-electron chi connectivity index (χ3n) is 4.43. The number of aromatic nitrogens is 2. The number of nitrogen functional groups attached to an aromatic ring is 1. The minimum Gasteiger partial charge on any atom is -0.382 e. The van der Waals surface area contributed by atoms with Crippen LogP contribution in [-0.2, 0) is 6.42 Å². The lowest BCUT2D eigenvalue weighted by molar-refractivity contribution is 0.627. The zero-order chi connectivity index (χ0) is 21.8. The monoisotopic (exact) mass is 431 g/mol. The first kappa shape index (κ1) is 23.5. The Labute approximate surface area is 181 Å². The van der Waals surface area contributed by atoms with Gasteiger partial charge in [-0.15, -0.1) is 0 Å². The number of nitrogens with zero attached hydrogens (tertiary/aromatic N) is 4. The summed E-state index contributed by atoms with van der Waals surface area (Å²) >= 11 is 1.86. The van der Waals surface area contributed by atoms with E-state index in [2.05, 4.69) is 33.0 Å². The first-order chi connectivity index (χ1) is 14.6. The highest BCUT2D eigenvalue weighted by Crippen LogP contribution is 2.21. The molecule has 0 atom stereocenters. The van der Waals surface area contributed by atoms with Gasteiger partial charge in [0.25, 0.3) is 0 Å². The van der Waals surface area contributed by atoms with Gasteiger partial charge < -0.3 is 16.4 Å². The van der Waals surface area contributed by atoms with Gasteiger partial charge in [0.15, 0.2) is 5.96 Å². The number of aliphatic imine (C=N–C) groups is 1. The molecule has 0 bridgehead atoms. The number of guanidine groups is 1. The van der Waals surface area contributed by atoms with Crippen molar-refractivity contribution in [1.82, 2.24) is 20.4 Å². The van der Waals surface area contributed by atoms with Crippen molar-refractivity contribution in [3.63, 3.8) is 0 Å². The van der Waals surface area contributed by atoms with Crippen LogP contribution in [-0.4, -0.2) is 47.4 Å². The van der Waals surface area contributed by atoms with Crippen LogP contribution in [0.25, 0.3) is 5.69 Å². The van der Waals surface area contributed by atoms with Crippen LogP contribution in [0.2, 0.25) is 0 Å². The van der Waals surface area contributed by atoms with E-state index in [1.54, 1.807) is 12.1 Å². The number of anilines is 1. The molecular weight excluding hydrogens is 401 g/mol. The molecule has 0 fully saturated rings. The number of unbranched alkanes of at least 4 members (excludes halogenated alkanes) is 1. The molecule has 0 aliphatic heterocycles. The van der Waals surface area contributed by atoms with Crippen LogP contribution in [0.3, 0.4) is 0 Å². The molecule has 1 heterocycles. The molecule has 1 aromatic heterocycles. The summed E-state index contributed by atoms with van der Waals surface area (Å²) in [4.78, 5) is 4.60. The number of rotatable bonds is 11. The summed E-state index contributed by atoms with van der Waals surface area (Å²) < 4.78 is 14.7. The largest absolute Gasteiger partial charge is 0.382 e. The van der Waals surface area contributed by atoms with E-state index < -0.39 is 0 Å². The average Bonchev–Trinajstić information content (AvgIpc) is 3.06. The Morgan fingerprint density at radius 3 is 2.70 bits per heavy atom. The van der Waals surface area contributed by atoms with Gasteiger partial charge in [0.2, 0.25) is 0 Å². The quantitative estimate of drug-likeness (QED) is 0.287. The normalized spacial score (nSPS) is 11.3. The molecule has 2 aromatic rings. The topological polar surface area (TPSA) is 104 Å². The third kappa shape index (κ3) is 6.95. The maximum atomic E-state index is 13.2. The molecule has 0 saturated heterocycles. The van der Waals surface area contributed by atoms with Crippen LogP contribution in [0.4, 0.5) is 10.2 Å². The Morgan fingerprint density at radius 1 is 1.27 bits per heavy atom. The number of thioether (sulfide) groups is 1. The Balaban J connectivity index is 1.95. The predicted molar refractivity (Wildman–Crippen MR) is 123 cm³/mol. The van der Waals surface area contributed by atoms with Crippen LogP contribution >= 0.6 is 11.8 Å². The van der Waals surface area contributed by atoms with Crippen molar-refractivity contribution >= 4 is 23.5 Å². The molecule has 2 rings (SSSR count). The maximum absolute atomic E-state index is 13.2. The number of aryl methyl sites for hydroxylation is 1. The van der Waals surface area contributed by atoms with Crippen LogP contribution < -0.4 is 16.4 Å². The second-order valence-corrected chi connectivity index (χ2v) is 7.68. The number of halogens is 1. The Morgan fingerprint density at radius 2 is 2.03 bits per heavy atom. The highest BCUT2D eigenvalue weighted by atomic mass is 32.2. The lowest BCUT2D eigenvalue weighted by Gasteiger charge is -2.11. The standard InChI is InChI=1S/C21H30FN7S/c1-3-25-21(26-12-4-5-14-30-2)27-13-6-7-19-18(15-23)20(24)29(28-19)17-10-8-16(22)9-11-17/h8-11H,3-7,12-14,24H2,1-2H3,(H2,25,26,27). The van der Waals surface area contributed by atoms with Crippen molar-refractivity contribution in [2.45, 2.75) is 32.6 Å². The van der Waals surface area contributed by atoms with Crippen molar-refractivity contribution in [1.29, 1.82) is 5.26 Å². The summed E-state index contributed by atoms with van der Waals surface area (Å²) in [5, 5.41) is 20.6. The molecule has 0 aliphatic rings. The van der Waals surface area contributed by atoms with Crippen molar-refractivity contribution in [3.8, 4) is 11.8 Å². The summed E-state index contributed by atoms with van der Waals surface area (Å²) in [5.74, 6) is 1.91. The van der Waals surface area contributed by atoms with Gasteiger partial charge in [-0.2, -0.15) is 22.1 Å². The Kier molecular flexibility index (Phi) is 10.0. The fraction of sp³-hybridized carbons (Fsp3) is 0.476. The average molecular weight is 432 g/mol. The van der Waals surface area contributed by atoms with Crippen molar-refractivity contribution in [2.75, 3.05) is 37.4 Å². The molecule has 7 nitrogen and oxygen atoms in total. The highest BCUT2D eigenvalue weighted by molar-refractivity contribution is 7.98. The van der Waals surface area contributed by atoms with Crippen LogP contribution in [0.1, 0.15) is 37.4 Å². The van der Waals surface area contributed by atoms with E-state index in [4.69, 9.17) is 5.73 Å². The Bertz CT molecular complexity index is 855. The zero-order valence-electron chi connectivity index (χ0n) is 17.6. The Hall–Kier alpha value is -2.73. The van der Waals surface area contributed by atoms with Gasteiger partial charge in [0.05, 0.1) is 11.4 Å². The van der Waals surface area contributed by atoms with Crippen molar-refractivity contribution in [3.05, 3.63) is 41.3 Å². The lowest BCUT2D eigenvalue weighted by atomic mass is 10.1. The van der Waals surface area contributed by atoms with Gasteiger partial charge in [0.1, 0.15) is 23.3 Å². The molecule has 0 spiro atoms. The molecule has 0 aliphatic carbocycles. The van der Waals surface area contributed by atoms with Crippen LogP contribution in [0, 0.1) is 17.1 Å². The van der Waals surface area contributed by atoms with E-state index in [0.29, 0.717) is 29.9 Å². The van der Waals surface area contributed by atoms with Gasteiger partial charge in [0, 0.05) is 19.6 Å². The highest BCUT2D eigenvalue weighted by Gasteiger charge is 2.16. The number of nitrogens with two attached hydrogens (primary N) is 1. The molecule has 0 saturated carbocycles. The van der Waals surface area contributed by atoms with E-state index in [1.807, 2.05) is 18.7 Å². The van der Waals surface area contributed by atoms with E-state index in [0.717, 1.165) is 31.9 Å². The number of hydrogen-bond donors (Lipinski definition) is 3. The fourth-order valence-corrected chi connectivity index (χ4v) is 3.40. The second kappa shape index (κ2) is 12.8. The summed E-state index contributed by atoms with van der Waals surface area (Å²) in [6.07, 6.45) is 5.72. The molecular formula is C21H30FN7S. The SMILES string of the molecule is CCNC(=NCCCc1nn(-c2ccc(F)cc2)c(N)c1C#N)NCCCCSC. The van der Waals surface area contributed by atoms with E-state index in [9.17, 15) is 9.65 Å². The van der Waals surface area contributed by atoms with Gasteiger partial charge >= 0.3 is 0 Å². The summed E-state index contributed by atoms with van der Waals surface area (Å²) in [7, 11) is 0. The first-order valence-corrected chi connectivity index (χ1v) is 11.5. The van der Waals surface area contributed by atoms with Gasteiger partial charge in [-0.05, 0) is 68.9 Å². The van der Waals surface area contributed by atoms with Gasteiger partial charge in [-0.3, -0.25) is 4.99 Å². The molecule has 0 radical (unpaired) electrons. The first-order valence-electron chi connectivity index (χ1n) is 10.1. The number of nitriles is 1. The molecule has 30 heavy (non-hydrogen) atoms. The van der Waals surface area contributed by atoms with E-state index in [1.165, 1.54) is 29.0 Å². The molecule has 9 heteroatoms. The summed E-state index contributed by atoms with van der Waals surface area (Å²) in [6, 6.07) is 7.99. The fourth-order valence-electron chi connectivity index (χ4n) is 2.91. The van der Waals surface area contributed by atoms with E-state index >= 15 is 0 Å². The minimum absolute atomic E-state index is 0.267. The second-order valence-electron chi connectivity index (χ2n) is 6.70. The number of benzene rings is 1. The number of nitrogens with one attached hydrogen (secondary N) is 2. The maximum Gasteiger partial charge on any atom is 0.191 e. The summed E-state index contributed by atoms with van der Waals surface area (Å²) in [5.41, 5.74) is 7.71. The minimum atomic E-state index is -0.336. The van der Waals surface area contributed by atoms with Crippen molar-refractivity contribution < 1.29 is 4.39 Å². The van der Waals surface area contributed by atoms with Crippen LogP contribution in [0.15, 0.2) is 29.3 Å².